The molecule has 1 heterocycles. The van der Waals surface area contributed by atoms with E-state index in [1.54, 1.807) is 19.2 Å². The van der Waals surface area contributed by atoms with Crippen LogP contribution in [0.4, 0.5) is 0 Å². The van der Waals surface area contributed by atoms with Crippen LogP contribution in [0.3, 0.4) is 0 Å². The highest BCUT2D eigenvalue weighted by molar-refractivity contribution is 6.09. The Labute approximate surface area is 96.3 Å². The van der Waals surface area contributed by atoms with Gasteiger partial charge in [0.15, 0.2) is 0 Å². The van der Waals surface area contributed by atoms with Crippen molar-refractivity contribution in [3.8, 4) is 0 Å². The lowest BCUT2D eigenvalue weighted by Crippen LogP contribution is -2.36. The van der Waals surface area contributed by atoms with E-state index in [4.69, 9.17) is 4.74 Å². The molecule has 16 heavy (non-hydrogen) atoms. The van der Waals surface area contributed by atoms with E-state index >= 15 is 0 Å². The summed E-state index contributed by atoms with van der Waals surface area (Å²) in [6, 6.07) is 0. The Morgan fingerprint density at radius 3 is 2.56 bits per heavy atom. The number of methoxy groups -OCH3 is 1. The molecule has 0 fully saturated rings. The monoisotopic (exact) mass is 219 g/mol. The number of nitrogens with zero attached hydrogens (tertiary/aromatic N) is 2. The van der Waals surface area contributed by atoms with Gasteiger partial charge in [-0.25, -0.2) is 10.4 Å². The van der Waals surface area contributed by atoms with E-state index in [1.807, 2.05) is 13.0 Å². The van der Waals surface area contributed by atoms with Crippen molar-refractivity contribution in [2.24, 2.45) is 4.99 Å². The third-order valence-corrected chi connectivity index (χ3v) is 2.21. The van der Waals surface area contributed by atoms with E-state index in [2.05, 4.69) is 30.2 Å². The van der Waals surface area contributed by atoms with E-state index in [1.165, 1.54) is 0 Å². The first-order valence-electron chi connectivity index (χ1n) is 4.87. The minimum absolute atomic E-state index is 0.546. The zero-order chi connectivity index (χ0) is 12.3. The third kappa shape index (κ3) is 2.23. The van der Waals surface area contributed by atoms with Crippen molar-refractivity contribution in [1.29, 1.82) is 0 Å². The first kappa shape index (κ1) is 12.3. The van der Waals surface area contributed by atoms with Crippen molar-refractivity contribution in [2.75, 3.05) is 14.2 Å². The molecule has 0 unspecified atom stereocenters. The van der Waals surface area contributed by atoms with Gasteiger partial charge >= 0.3 is 0 Å². The number of hydrazine groups is 1. The lowest BCUT2D eigenvalue weighted by Gasteiger charge is -2.29. The van der Waals surface area contributed by atoms with Gasteiger partial charge < -0.3 is 4.74 Å². The first-order chi connectivity index (χ1) is 7.51. The largest absolute Gasteiger partial charge is 0.495 e. The molecule has 0 radical (unpaired) electrons. The average molecular weight is 219 g/mol. The molecule has 0 aromatic carbocycles. The van der Waals surface area contributed by atoms with Crippen molar-refractivity contribution in [2.45, 2.75) is 6.92 Å². The molecule has 0 aromatic rings. The molecule has 0 amide bonds. The predicted molar refractivity (Wildman–Crippen MR) is 66.5 cm³/mol. The normalized spacial score (nSPS) is 15.4. The van der Waals surface area contributed by atoms with E-state index in [9.17, 15) is 0 Å². The van der Waals surface area contributed by atoms with Crippen molar-refractivity contribution >= 4 is 5.71 Å². The van der Waals surface area contributed by atoms with Crippen LogP contribution >= 0.6 is 0 Å². The summed E-state index contributed by atoms with van der Waals surface area (Å²) in [5.41, 5.74) is 5.40. The Morgan fingerprint density at radius 2 is 2.12 bits per heavy atom. The molecule has 0 saturated heterocycles. The maximum Gasteiger partial charge on any atom is 0.140 e. The molecule has 1 aliphatic rings. The van der Waals surface area contributed by atoms with Crippen LogP contribution in [0.15, 0.2) is 53.7 Å². The summed E-state index contributed by atoms with van der Waals surface area (Å²) in [5, 5.41) is 1.71. The SMILES string of the molecule is C=C(C)C1=NC(=C)N(NC)C(C(=C)OC)=C1. The molecule has 1 N–H and O–H groups in total. The molecule has 0 saturated carbocycles. The van der Waals surface area contributed by atoms with Gasteiger partial charge in [-0.1, -0.05) is 19.7 Å². The highest BCUT2D eigenvalue weighted by Gasteiger charge is 2.20. The number of nitrogens with one attached hydrogen (secondary N) is 1. The minimum atomic E-state index is 0.546. The van der Waals surface area contributed by atoms with Crippen molar-refractivity contribution < 1.29 is 4.74 Å². The van der Waals surface area contributed by atoms with E-state index in [-0.39, 0.29) is 0 Å². The third-order valence-electron chi connectivity index (χ3n) is 2.21. The summed E-state index contributed by atoms with van der Waals surface area (Å²) in [6.07, 6.45) is 1.86. The number of hydrogen-bond donors (Lipinski definition) is 1. The summed E-state index contributed by atoms with van der Waals surface area (Å²) in [6.45, 7) is 13.4. The first-order valence-corrected chi connectivity index (χ1v) is 4.87. The van der Waals surface area contributed by atoms with E-state index in [0.717, 1.165) is 17.0 Å². The number of ether oxygens (including phenoxy) is 1. The molecule has 4 heteroatoms. The number of hydrogen-bond acceptors (Lipinski definition) is 4. The fourth-order valence-corrected chi connectivity index (χ4v) is 1.33. The zero-order valence-electron chi connectivity index (χ0n) is 10.0. The van der Waals surface area contributed by atoms with Gasteiger partial charge in [-0.15, -0.1) is 0 Å². The van der Waals surface area contributed by atoms with Crippen LogP contribution in [-0.4, -0.2) is 24.9 Å². The second kappa shape index (κ2) is 4.81. The lowest BCUT2D eigenvalue weighted by molar-refractivity contribution is 0.252. The number of allylic oxidation sites excluding steroid dienone is 2. The molecular formula is C12H17N3O. The summed E-state index contributed by atoms with van der Waals surface area (Å²) in [4.78, 5) is 4.31. The molecule has 0 atom stereocenters. The molecule has 0 bridgehead atoms. The summed E-state index contributed by atoms with van der Waals surface area (Å²) < 4.78 is 5.13. The van der Waals surface area contributed by atoms with Gasteiger partial charge in [-0.3, -0.25) is 5.01 Å². The van der Waals surface area contributed by atoms with Crippen molar-refractivity contribution in [1.82, 2.24) is 10.4 Å². The molecule has 4 nitrogen and oxygen atoms in total. The second-order valence-corrected chi connectivity index (χ2v) is 3.41. The van der Waals surface area contributed by atoms with E-state index < -0.39 is 0 Å². The maximum absolute atomic E-state index is 5.13. The van der Waals surface area contributed by atoms with Crippen LogP contribution in [0.1, 0.15) is 6.92 Å². The van der Waals surface area contributed by atoms with E-state index in [0.29, 0.717) is 11.6 Å². The van der Waals surface area contributed by atoms with Gasteiger partial charge in [0.2, 0.25) is 0 Å². The minimum Gasteiger partial charge on any atom is -0.495 e. The highest BCUT2D eigenvalue weighted by atomic mass is 16.5. The number of rotatable bonds is 4. The Morgan fingerprint density at radius 1 is 1.50 bits per heavy atom. The van der Waals surface area contributed by atoms with Crippen LogP contribution in [0.5, 0.6) is 0 Å². The molecule has 1 aliphatic heterocycles. The van der Waals surface area contributed by atoms with Gasteiger partial charge in [-0.2, -0.15) is 0 Å². The molecule has 1 rings (SSSR count). The summed E-state index contributed by atoms with van der Waals surface area (Å²) >= 11 is 0. The predicted octanol–water partition coefficient (Wildman–Crippen LogP) is 1.97. The van der Waals surface area contributed by atoms with Gasteiger partial charge in [0.1, 0.15) is 17.3 Å². The Kier molecular flexibility index (Phi) is 3.68. The quantitative estimate of drug-likeness (QED) is 0.734. The summed E-state index contributed by atoms with van der Waals surface area (Å²) in [5.74, 6) is 1.13. The van der Waals surface area contributed by atoms with Gasteiger partial charge in [0, 0.05) is 7.05 Å². The Bertz CT molecular complexity index is 404. The Balaban J connectivity index is 3.17. The zero-order valence-corrected chi connectivity index (χ0v) is 10.0. The van der Waals surface area contributed by atoms with Crippen LogP contribution < -0.4 is 5.43 Å². The molecule has 0 aromatic heterocycles. The molecule has 0 spiro atoms. The van der Waals surface area contributed by atoms with Crippen LogP contribution in [0, 0.1) is 0 Å². The maximum atomic E-state index is 5.13. The van der Waals surface area contributed by atoms with Gasteiger partial charge in [0.05, 0.1) is 12.8 Å². The summed E-state index contributed by atoms with van der Waals surface area (Å²) in [7, 11) is 3.36. The Hall–Kier alpha value is -1.81. The fourth-order valence-electron chi connectivity index (χ4n) is 1.33. The van der Waals surface area contributed by atoms with Crippen molar-refractivity contribution in [3.63, 3.8) is 0 Å². The smallest absolute Gasteiger partial charge is 0.140 e. The van der Waals surface area contributed by atoms with Crippen LogP contribution in [0.25, 0.3) is 0 Å². The van der Waals surface area contributed by atoms with Crippen LogP contribution in [-0.2, 0) is 4.74 Å². The second-order valence-electron chi connectivity index (χ2n) is 3.41. The average Bonchev–Trinajstić information content (AvgIpc) is 2.26. The highest BCUT2D eigenvalue weighted by Crippen LogP contribution is 2.23. The van der Waals surface area contributed by atoms with Crippen LogP contribution in [0.2, 0.25) is 0 Å². The molecular weight excluding hydrogens is 202 g/mol. The molecule has 86 valence electrons. The lowest BCUT2D eigenvalue weighted by atomic mass is 10.1. The fraction of sp³-hybridized carbons (Fsp3) is 0.250. The van der Waals surface area contributed by atoms with Crippen molar-refractivity contribution in [3.05, 3.63) is 48.7 Å². The molecule has 0 aliphatic carbocycles. The van der Waals surface area contributed by atoms with Gasteiger partial charge in [0.25, 0.3) is 0 Å². The number of aliphatic imine (C=N–C) groups is 1. The topological polar surface area (TPSA) is 36.9 Å². The standard InChI is InChI=1S/C12H17N3O/c1-8(2)11-7-12(9(3)16-6)15(13-5)10(4)14-11/h7,13H,1,3-4H2,2,5-6H3. The van der Waals surface area contributed by atoms with Gasteiger partial charge in [-0.05, 0) is 18.6 Å².